The highest BCUT2D eigenvalue weighted by Crippen LogP contribution is 2.13. The van der Waals surface area contributed by atoms with Crippen molar-refractivity contribution in [1.82, 2.24) is 5.32 Å². The van der Waals surface area contributed by atoms with Gasteiger partial charge < -0.3 is 15.5 Å². The number of hydrogen-bond acceptors (Lipinski definition) is 4. The number of carbonyl (C=O) groups is 2. The third kappa shape index (κ3) is 5.63. The van der Waals surface area contributed by atoms with E-state index in [1.54, 1.807) is 30.3 Å². The Hall–Kier alpha value is -2.39. The summed E-state index contributed by atoms with van der Waals surface area (Å²) in [7, 11) is 0. The first-order chi connectivity index (χ1) is 10.1. The number of nitrogens with one attached hydrogen (secondary N) is 1. The molecule has 112 valence electrons. The number of unbranched alkanes of at least 4 members (excludes halogenated alkanes) is 2. The molecule has 0 aliphatic heterocycles. The van der Waals surface area contributed by atoms with Crippen LogP contribution in [0.2, 0.25) is 0 Å². The Kier molecular flexibility index (Phi) is 6.92. The highest BCUT2D eigenvalue weighted by Gasteiger charge is 2.24. The van der Waals surface area contributed by atoms with Crippen LogP contribution in [0.25, 0.3) is 0 Å². The summed E-state index contributed by atoms with van der Waals surface area (Å²) in [4.78, 5) is 23.0. The van der Waals surface area contributed by atoms with Crippen LogP contribution in [0.5, 0.6) is 0 Å². The van der Waals surface area contributed by atoms with Crippen molar-refractivity contribution in [3.05, 3.63) is 35.9 Å². The lowest BCUT2D eigenvalue weighted by atomic mass is 10.1. The molecule has 1 aromatic carbocycles. The van der Waals surface area contributed by atoms with Crippen LogP contribution in [-0.2, 0) is 9.59 Å². The normalized spacial score (nSPS) is 13.0. The second-order valence-electron chi connectivity index (χ2n) is 4.62. The van der Waals surface area contributed by atoms with E-state index in [9.17, 15) is 14.7 Å². The summed E-state index contributed by atoms with van der Waals surface area (Å²) in [6, 6.07) is 9.22. The van der Waals surface area contributed by atoms with Gasteiger partial charge in [0.1, 0.15) is 6.04 Å². The first kappa shape index (κ1) is 16.7. The summed E-state index contributed by atoms with van der Waals surface area (Å²) in [5, 5.41) is 29.7. The molecule has 0 bridgehead atoms. The van der Waals surface area contributed by atoms with Gasteiger partial charge in [-0.05, 0) is 24.8 Å². The van der Waals surface area contributed by atoms with E-state index in [0.717, 1.165) is 0 Å². The van der Waals surface area contributed by atoms with Crippen LogP contribution in [0.15, 0.2) is 30.3 Å². The van der Waals surface area contributed by atoms with Crippen molar-refractivity contribution in [1.29, 1.82) is 5.26 Å². The van der Waals surface area contributed by atoms with E-state index >= 15 is 0 Å². The molecule has 1 amide bonds. The summed E-state index contributed by atoms with van der Waals surface area (Å²) in [5.74, 6) is -1.89. The molecule has 0 saturated carbocycles. The number of nitriles is 1. The van der Waals surface area contributed by atoms with E-state index in [1.807, 2.05) is 6.07 Å². The molecule has 6 heteroatoms. The van der Waals surface area contributed by atoms with Crippen molar-refractivity contribution in [2.45, 2.75) is 37.8 Å². The molecular weight excluding hydrogens is 272 g/mol. The number of carbonyl (C=O) groups excluding carboxylic acids is 1. The fraction of sp³-hybridized carbons (Fsp3) is 0.400. The second-order valence-corrected chi connectivity index (χ2v) is 4.62. The average Bonchev–Trinajstić information content (AvgIpc) is 2.50. The third-order valence-corrected chi connectivity index (χ3v) is 3.01. The molecule has 6 nitrogen and oxygen atoms in total. The van der Waals surface area contributed by atoms with Gasteiger partial charge in [0, 0.05) is 6.42 Å². The number of aliphatic carboxylic acids is 1. The number of nitrogens with zero attached hydrogens (tertiary/aromatic N) is 1. The van der Waals surface area contributed by atoms with E-state index in [4.69, 9.17) is 10.4 Å². The van der Waals surface area contributed by atoms with Crippen LogP contribution in [-0.4, -0.2) is 28.1 Å². The smallest absolute Gasteiger partial charge is 0.326 e. The van der Waals surface area contributed by atoms with Gasteiger partial charge >= 0.3 is 5.97 Å². The van der Waals surface area contributed by atoms with Gasteiger partial charge in [0.2, 0.25) is 0 Å². The molecule has 0 saturated heterocycles. The fourth-order valence-corrected chi connectivity index (χ4v) is 1.85. The number of rotatable bonds is 8. The van der Waals surface area contributed by atoms with Crippen molar-refractivity contribution in [3.63, 3.8) is 0 Å². The van der Waals surface area contributed by atoms with Crippen molar-refractivity contribution >= 4 is 11.9 Å². The molecule has 21 heavy (non-hydrogen) atoms. The molecule has 0 spiro atoms. The molecule has 0 unspecified atom stereocenters. The van der Waals surface area contributed by atoms with E-state index in [2.05, 4.69) is 5.32 Å². The Labute approximate surface area is 123 Å². The second kappa shape index (κ2) is 8.72. The Balaban J connectivity index is 2.56. The molecule has 1 aromatic rings. The van der Waals surface area contributed by atoms with Crippen LogP contribution in [0.4, 0.5) is 0 Å². The number of carboxylic acids is 1. The molecular formula is C15H18N2O4. The highest BCUT2D eigenvalue weighted by atomic mass is 16.4. The van der Waals surface area contributed by atoms with Crippen LogP contribution < -0.4 is 5.32 Å². The average molecular weight is 290 g/mol. The SMILES string of the molecule is N#CCCCC[C@H](NC(=O)[C@@H](O)c1ccccc1)C(=O)O. The topological polar surface area (TPSA) is 110 Å². The van der Waals surface area contributed by atoms with Crippen LogP contribution in [0.1, 0.15) is 37.4 Å². The summed E-state index contributed by atoms with van der Waals surface area (Å²) >= 11 is 0. The first-order valence-corrected chi connectivity index (χ1v) is 6.69. The van der Waals surface area contributed by atoms with Crippen LogP contribution in [0, 0.1) is 11.3 Å². The predicted octanol–water partition coefficient (Wildman–Crippen LogP) is 1.37. The van der Waals surface area contributed by atoms with Gasteiger partial charge in [0.05, 0.1) is 6.07 Å². The summed E-state index contributed by atoms with van der Waals surface area (Å²) in [6.07, 6.45) is 0.285. The number of benzene rings is 1. The van der Waals surface area contributed by atoms with Gasteiger partial charge in [0.25, 0.3) is 5.91 Å². The lowest BCUT2D eigenvalue weighted by Crippen LogP contribution is -2.43. The predicted molar refractivity (Wildman–Crippen MR) is 75.0 cm³/mol. The molecule has 0 fully saturated rings. The maximum Gasteiger partial charge on any atom is 0.326 e. The van der Waals surface area contributed by atoms with Gasteiger partial charge in [-0.1, -0.05) is 30.3 Å². The van der Waals surface area contributed by atoms with E-state index < -0.39 is 24.0 Å². The largest absolute Gasteiger partial charge is 0.480 e. The molecule has 0 aliphatic rings. The Morgan fingerprint density at radius 2 is 1.90 bits per heavy atom. The first-order valence-electron chi connectivity index (χ1n) is 6.69. The Morgan fingerprint density at radius 1 is 1.24 bits per heavy atom. The lowest BCUT2D eigenvalue weighted by molar-refractivity contribution is -0.143. The molecule has 2 atom stereocenters. The van der Waals surface area contributed by atoms with Gasteiger partial charge in [-0.15, -0.1) is 0 Å². The maximum absolute atomic E-state index is 11.9. The summed E-state index contributed by atoms with van der Waals surface area (Å²) < 4.78 is 0. The van der Waals surface area contributed by atoms with Crippen molar-refractivity contribution in [2.75, 3.05) is 0 Å². The number of carboxylic acid groups (broad SMARTS) is 1. The van der Waals surface area contributed by atoms with E-state index in [1.165, 1.54) is 0 Å². The molecule has 0 aliphatic carbocycles. The monoisotopic (exact) mass is 290 g/mol. The van der Waals surface area contributed by atoms with Gasteiger partial charge in [-0.2, -0.15) is 5.26 Å². The lowest BCUT2D eigenvalue weighted by Gasteiger charge is -2.17. The van der Waals surface area contributed by atoms with Crippen LogP contribution >= 0.6 is 0 Å². The zero-order valence-electron chi connectivity index (χ0n) is 11.5. The molecule has 0 heterocycles. The summed E-state index contributed by atoms with van der Waals surface area (Å²) in [5.41, 5.74) is 0.406. The zero-order chi connectivity index (χ0) is 15.7. The molecule has 0 aromatic heterocycles. The van der Waals surface area contributed by atoms with Crippen LogP contribution in [0.3, 0.4) is 0 Å². The number of hydrogen-bond donors (Lipinski definition) is 3. The molecule has 0 radical (unpaired) electrons. The minimum absolute atomic E-state index is 0.226. The number of amides is 1. The minimum atomic E-state index is -1.40. The summed E-state index contributed by atoms with van der Waals surface area (Å²) in [6.45, 7) is 0. The maximum atomic E-state index is 11.9. The van der Waals surface area contributed by atoms with Crippen molar-refractivity contribution in [3.8, 4) is 6.07 Å². The fourth-order valence-electron chi connectivity index (χ4n) is 1.85. The number of aliphatic hydroxyl groups excluding tert-OH is 1. The van der Waals surface area contributed by atoms with E-state index in [0.29, 0.717) is 24.8 Å². The molecule has 3 N–H and O–H groups in total. The highest BCUT2D eigenvalue weighted by molar-refractivity contribution is 5.86. The standard InChI is InChI=1S/C15H18N2O4/c16-10-6-2-5-9-12(15(20)21)17-14(19)13(18)11-7-3-1-4-8-11/h1,3-4,7-8,12-13,18H,2,5-6,9H2,(H,17,19)(H,20,21)/t12-,13-/m0/s1. The Bertz CT molecular complexity index is 510. The van der Waals surface area contributed by atoms with Crippen molar-refractivity contribution < 1.29 is 19.8 Å². The molecule has 1 rings (SSSR count). The van der Waals surface area contributed by atoms with Crippen molar-refractivity contribution in [2.24, 2.45) is 0 Å². The number of aliphatic hydroxyl groups is 1. The van der Waals surface area contributed by atoms with Gasteiger partial charge in [-0.3, -0.25) is 4.79 Å². The Morgan fingerprint density at radius 3 is 2.48 bits per heavy atom. The third-order valence-electron chi connectivity index (χ3n) is 3.01. The zero-order valence-corrected chi connectivity index (χ0v) is 11.5. The minimum Gasteiger partial charge on any atom is -0.480 e. The van der Waals surface area contributed by atoms with Gasteiger partial charge in [0.15, 0.2) is 6.10 Å². The van der Waals surface area contributed by atoms with Gasteiger partial charge in [-0.25, -0.2) is 4.79 Å². The van der Waals surface area contributed by atoms with E-state index in [-0.39, 0.29) is 6.42 Å². The quantitative estimate of drug-likeness (QED) is 0.626.